The van der Waals surface area contributed by atoms with E-state index in [0.29, 0.717) is 6.04 Å². The molecule has 16 heavy (non-hydrogen) atoms. The van der Waals surface area contributed by atoms with Crippen molar-refractivity contribution in [3.63, 3.8) is 0 Å². The topological polar surface area (TPSA) is 37.0 Å². The van der Waals surface area contributed by atoms with Gasteiger partial charge in [-0.05, 0) is 50.6 Å². The van der Waals surface area contributed by atoms with Gasteiger partial charge in [0.25, 0.3) is 0 Å². The van der Waals surface area contributed by atoms with Gasteiger partial charge in [-0.15, -0.1) is 0 Å². The standard InChI is InChI=1S/C11H17N3.C2H6/c1-9-2-7-13-11(8-9)14-10-3-5-12-6-4-10;1-2/h2,7-8,10,12H,3-6H2,1H3,(H,13,14);1-2H3. The van der Waals surface area contributed by atoms with E-state index in [2.05, 4.69) is 28.6 Å². The Hall–Kier alpha value is -1.09. The fourth-order valence-electron chi connectivity index (χ4n) is 1.79. The first-order valence-corrected chi connectivity index (χ1v) is 6.24. The van der Waals surface area contributed by atoms with Crippen molar-refractivity contribution in [1.29, 1.82) is 0 Å². The van der Waals surface area contributed by atoms with Crippen molar-refractivity contribution < 1.29 is 0 Å². The lowest BCUT2D eigenvalue weighted by atomic mass is 10.1. The van der Waals surface area contributed by atoms with Gasteiger partial charge in [-0.25, -0.2) is 4.98 Å². The van der Waals surface area contributed by atoms with Crippen molar-refractivity contribution in [1.82, 2.24) is 10.3 Å². The van der Waals surface area contributed by atoms with Gasteiger partial charge in [-0.1, -0.05) is 13.8 Å². The van der Waals surface area contributed by atoms with Crippen molar-refractivity contribution >= 4 is 5.82 Å². The maximum Gasteiger partial charge on any atom is 0.126 e. The molecular weight excluding hydrogens is 198 g/mol. The number of aryl methyl sites for hydroxylation is 1. The minimum Gasteiger partial charge on any atom is -0.367 e. The molecule has 1 aliphatic heterocycles. The highest BCUT2D eigenvalue weighted by molar-refractivity contribution is 5.38. The molecule has 2 rings (SSSR count). The molecule has 0 unspecified atom stereocenters. The van der Waals surface area contributed by atoms with E-state index in [-0.39, 0.29) is 0 Å². The van der Waals surface area contributed by atoms with E-state index in [1.165, 1.54) is 18.4 Å². The van der Waals surface area contributed by atoms with E-state index < -0.39 is 0 Å². The predicted octanol–water partition coefficient (Wildman–Crippen LogP) is 2.58. The maximum atomic E-state index is 4.30. The Balaban J connectivity index is 0.000000606. The molecule has 1 fully saturated rings. The Bertz CT molecular complexity index is 293. The molecule has 1 aromatic rings. The lowest BCUT2D eigenvalue weighted by Crippen LogP contribution is -2.35. The second kappa shape index (κ2) is 7.23. The van der Waals surface area contributed by atoms with E-state index in [1.54, 1.807) is 0 Å². The first kappa shape index (κ1) is 13.0. The molecule has 0 amide bonds. The highest BCUT2D eigenvalue weighted by Crippen LogP contribution is 2.11. The molecule has 1 aliphatic rings. The van der Waals surface area contributed by atoms with Crippen LogP contribution in [0.15, 0.2) is 18.3 Å². The average molecular weight is 221 g/mol. The van der Waals surface area contributed by atoms with Crippen molar-refractivity contribution in [2.75, 3.05) is 18.4 Å². The zero-order valence-corrected chi connectivity index (χ0v) is 10.6. The summed E-state index contributed by atoms with van der Waals surface area (Å²) in [5.74, 6) is 1.01. The van der Waals surface area contributed by atoms with Crippen LogP contribution in [0.25, 0.3) is 0 Å². The van der Waals surface area contributed by atoms with Gasteiger partial charge in [-0.2, -0.15) is 0 Å². The van der Waals surface area contributed by atoms with Gasteiger partial charge in [0.1, 0.15) is 5.82 Å². The predicted molar refractivity (Wildman–Crippen MR) is 69.8 cm³/mol. The largest absolute Gasteiger partial charge is 0.367 e. The number of aromatic nitrogens is 1. The summed E-state index contributed by atoms with van der Waals surface area (Å²) in [6, 6.07) is 4.71. The van der Waals surface area contributed by atoms with Gasteiger partial charge in [0.15, 0.2) is 0 Å². The number of rotatable bonds is 2. The molecule has 90 valence electrons. The fraction of sp³-hybridized carbons (Fsp3) is 0.615. The molecule has 2 heterocycles. The Labute approximate surface area is 98.7 Å². The van der Waals surface area contributed by atoms with Crippen molar-refractivity contribution in [2.24, 2.45) is 0 Å². The number of pyridine rings is 1. The second-order valence-corrected chi connectivity index (χ2v) is 3.89. The summed E-state index contributed by atoms with van der Waals surface area (Å²) in [5.41, 5.74) is 1.26. The van der Waals surface area contributed by atoms with Crippen LogP contribution in [0.3, 0.4) is 0 Å². The lowest BCUT2D eigenvalue weighted by molar-refractivity contribution is 0.478. The number of piperidine rings is 1. The molecule has 0 atom stereocenters. The van der Waals surface area contributed by atoms with Crippen molar-refractivity contribution in [2.45, 2.75) is 39.7 Å². The van der Waals surface area contributed by atoms with E-state index in [1.807, 2.05) is 26.1 Å². The maximum absolute atomic E-state index is 4.30. The monoisotopic (exact) mass is 221 g/mol. The number of nitrogens with one attached hydrogen (secondary N) is 2. The normalized spacial score (nSPS) is 16.2. The number of hydrogen-bond donors (Lipinski definition) is 2. The molecule has 0 aromatic carbocycles. The molecule has 1 saturated heterocycles. The van der Waals surface area contributed by atoms with E-state index >= 15 is 0 Å². The van der Waals surface area contributed by atoms with Gasteiger partial charge < -0.3 is 10.6 Å². The molecule has 0 spiro atoms. The Morgan fingerprint density at radius 1 is 1.31 bits per heavy atom. The Kier molecular flexibility index (Phi) is 5.86. The summed E-state index contributed by atoms with van der Waals surface area (Å²) in [4.78, 5) is 4.30. The SMILES string of the molecule is CC.Cc1ccnc(NC2CCNCC2)c1. The van der Waals surface area contributed by atoms with E-state index in [4.69, 9.17) is 0 Å². The highest BCUT2D eigenvalue weighted by Gasteiger charge is 2.12. The van der Waals surface area contributed by atoms with Crippen molar-refractivity contribution in [3.8, 4) is 0 Å². The summed E-state index contributed by atoms with van der Waals surface area (Å²) >= 11 is 0. The van der Waals surface area contributed by atoms with Crippen LogP contribution in [-0.4, -0.2) is 24.1 Å². The van der Waals surface area contributed by atoms with Crippen LogP contribution in [0.2, 0.25) is 0 Å². The van der Waals surface area contributed by atoms with Crippen LogP contribution >= 0.6 is 0 Å². The van der Waals surface area contributed by atoms with E-state index in [9.17, 15) is 0 Å². The van der Waals surface area contributed by atoms with Crippen LogP contribution in [0, 0.1) is 6.92 Å². The third-order valence-corrected chi connectivity index (χ3v) is 2.61. The van der Waals surface area contributed by atoms with Gasteiger partial charge >= 0.3 is 0 Å². The minimum atomic E-state index is 0.588. The molecule has 1 aromatic heterocycles. The van der Waals surface area contributed by atoms with Gasteiger partial charge in [0, 0.05) is 12.2 Å². The van der Waals surface area contributed by atoms with Crippen LogP contribution in [0.5, 0.6) is 0 Å². The number of hydrogen-bond acceptors (Lipinski definition) is 3. The fourth-order valence-corrected chi connectivity index (χ4v) is 1.79. The molecule has 0 bridgehead atoms. The second-order valence-electron chi connectivity index (χ2n) is 3.89. The Morgan fingerprint density at radius 3 is 2.62 bits per heavy atom. The molecule has 0 aliphatic carbocycles. The summed E-state index contributed by atoms with van der Waals surface area (Å²) in [7, 11) is 0. The van der Waals surface area contributed by atoms with Crippen molar-refractivity contribution in [3.05, 3.63) is 23.9 Å². The van der Waals surface area contributed by atoms with Gasteiger partial charge in [-0.3, -0.25) is 0 Å². The van der Waals surface area contributed by atoms with Crippen LogP contribution < -0.4 is 10.6 Å². The Morgan fingerprint density at radius 2 is 2.00 bits per heavy atom. The quantitative estimate of drug-likeness (QED) is 0.806. The number of nitrogens with zero attached hydrogens (tertiary/aromatic N) is 1. The highest BCUT2D eigenvalue weighted by atomic mass is 15.0. The summed E-state index contributed by atoms with van der Waals surface area (Å²) in [6.45, 7) is 8.32. The molecule has 3 heteroatoms. The average Bonchev–Trinajstić information content (AvgIpc) is 2.33. The molecule has 2 N–H and O–H groups in total. The zero-order chi connectivity index (χ0) is 11.8. The molecular formula is C13H23N3. The molecule has 3 nitrogen and oxygen atoms in total. The van der Waals surface area contributed by atoms with E-state index in [0.717, 1.165) is 18.9 Å². The smallest absolute Gasteiger partial charge is 0.126 e. The first-order valence-electron chi connectivity index (χ1n) is 6.24. The first-order chi connectivity index (χ1) is 7.84. The molecule has 0 saturated carbocycles. The minimum absolute atomic E-state index is 0.588. The van der Waals surface area contributed by atoms with Crippen LogP contribution in [0.1, 0.15) is 32.3 Å². The third-order valence-electron chi connectivity index (χ3n) is 2.61. The van der Waals surface area contributed by atoms with Gasteiger partial charge in [0.2, 0.25) is 0 Å². The van der Waals surface area contributed by atoms with Crippen LogP contribution in [0.4, 0.5) is 5.82 Å². The van der Waals surface area contributed by atoms with Gasteiger partial charge in [0.05, 0.1) is 0 Å². The van der Waals surface area contributed by atoms with Crippen LogP contribution in [-0.2, 0) is 0 Å². The lowest BCUT2D eigenvalue weighted by Gasteiger charge is -2.24. The molecule has 0 radical (unpaired) electrons. The summed E-state index contributed by atoms with van der Waals surface area (Å²) < 4.78 is 0. The zero-order valence-electron chi connectivity index (χ0n) is 10.6. The third kappa shape index (κ3) is 4.19. The summed E-state index contributed by atoms with van der Waals surface area (Å²) in [6.07, 6.45) is 4.24. The number of anilines is 1. The summed E-state index contributed by atoms with van der Waals surface area (Å²) in [5, 5.41) is 6.82.